The second-order valence-electron chi connectivity index (χ2n) is 3.21. The Labute approximate surface area is 89.2 Å². The van der Waals surface area contributed by atoms with Crippen LogP contribution in [0.4, 0.5) is 0 Å². The van der Waals surface area contributed by atoms with Crippen LogP contribution in [0.25, 0.3) is 5.57 Å². The largest absolute Gasteiger partial charge is 0.0847 e. The number of benzene rings is 1. The fourth-order valence-electron chi connectivity index (χ4n) is 1.47. The van der Waals surface area contributed by atoms with Gasteiger partial charge in [0.15, 0.2) is 0 Å². The average molecular weight is 203 g/mol. The van der Waals surface area contributed by atoms with Crippen molar-refractivity contribution in [3.8, 4) is 0 Å². The van der Waals surface area contributed by atoms with Crippen molar-refractivity contribution >= 4 is 17.2 Å². The van der Waals surface area contributed by atoms with Gasteiger partial charge in [0.05, 0.1) is 0 Å². The lowest BCUT2D eigenvalue weighted by Crippen LogP contribution is -1.81. The van der Waals surface area contributed by atoms with Crippen molar-refractivity contribution in [2.24, 2.45) is 0 Å². The van der Waals surface area contributed by atoms with Crippen LogP contribution in [0.3, 0.4) is 0 Å². The van der Waals surface area contributed by atoms with E-state index in [2.05, 4.69) is 30.3 Å². The maximum absolute atomic E-state index is 5.91. The molecule has 0 nitrogen and oxygen atoms in total. The SMILES string of the molecule is ClC1=CCC(c2ccccc2)=CC=C1. The summed E-state index contributed by atoms with van der Waals surface area (Å²) in [7, 11) is 0. The van der Waals surface area contributed by atoms with E-state index < -0.39 is 0 Å². The first-order chi connectivity index (χ1) is 6.86. The standard InChI is InChI=1S/C13H11Cl/c14-13-8-4-7-12(9-10-13)11-5-2-1-3-6-11/h1-8,10H,9H2. The van der Waals surface area contributed by atoms with Crippen LogP contribution in [0, 0.1) is 0 Å². The monoisotopic (exact) mass is 202 g/mol. The minimum atomic E-state index is 0.812. The van der Waals surface area contributed by atoms with Crippen LogP contribution in [0.15, 0.2) is 59.7 Å². The molecule has 0 atom stereocenters. The zero-order chi connectivity index (χ0) is 9.80. The third-order valence-corrected chi connectivity index (χ3v) is 2.49. The fourth-order valence-corrected chi connectivity index (χ4v) is 1.62. The molecule has 1 heteroatoms. The molecule has 14 heavy (non-hydrogen) atoms. The van der Waals surface area contributed by atoms with Gasteiger partial charge in [-0.25, -0.2) is 0 Å². The summed E-state index contributed by atoms with van der Waals surface area (Å²) in [6.07, 6.45) is 8.95. The Kier molecular flexibility index (Phi) is 2.85. The molecule has 0 unspecified atom stereocenters. The quantitative estimate of drug-likeness (QED) is 0.642. The van der Waals surface area contributed by atoms with Gasteiger partial charge in [-0.15, -0.1) is 0 Å². The van der Waals surface area contributed by atoms with Crippen LogP contribution in [0.2, 0.25) is 0 Å². The number of allylic oxidation sites excluding steroid dienone is 6. The Morgan fingerprint density at radius 1 is 1.07 bits per heavy atom. The molecule has 0 radical (unpaired) electrons. The van der Waals surface area contributed by atoms with Crippen LogP contribution < -0.4 is 0 Å². The molecule has 0 aromatic heterocycles. The Bertz CT molecular complexity index is 394. The molecule has 0 heterocycles. The summed E-state index contributed by atoms with van der Waals surface area (Å²) in [5.41, 5.74) is 2.57. The molecule has 70 valence electrons. The van der Waals surface area contributed by atoms with Crippen LogP contribution in [-0.4, -0.2) is 0 Å². The van der Waals surface area contributed by atoms with Gasteiger partial charge >= 0.3 is 0 Å². The van der Waals surface area contributed by atoms with Gasteiger partial charge in [0.1, 0.15) is 0 Å². The summed E-state index contributed by atoms with van der Waals surface area (Å²) in [5.74, 6) is 0. The second kappa shape index (κ2) is 4.30. The van der Waals surface area contributed by atoms with Gasteiger partial charge in [-0.1, -0.05) is 60.2 Å². The second-order valence-corrected chi connectivity index (χ2v) is 3.65. The van der Waals surface area contributed by atoms with Gasteiger partial charge < -0.3 is 0 Å². The highest BCUT2D eigenvalue weighted by Crippen LogP contribution is 2.22. The molecule has 1 aliphatic carbocycles. The van der Waals surface area contributed by atoms with Crippen LogP contribution in [-0.2, 0) is 0 Å². The zero-order valence-electron chi connectivity index (χ0n) is 7.78. The van der Waals surface area contributed by atoms with Crippen molar-refractivity contribution in [2.45, 2.75) is 6.42 Å². The molecule has 0 amide bonds. The summed E-state index contributed by atoms with van der Waals surface area (Å²) in [5, 5.41) is 0.812. The first-order valence-electron chi connectivity index (χ1n) is 4.64. The molecule has 0 N–H and O–H groups in total. The maximum Gasteiger partial charge on any atom is 0.0369 e. The lowest BCUT2D eigenvalue weighted by atomic mass is 10.0. The minimum absolute atomic E-state index is 0.812. The van der Waals surface area contributed by atoms with Crippen LogP contribution >= 0.6 is 11.6 Å². The summed E-state index contributed by atoms with van der Waals surface area (Å²) >= 11 is 5.91. The van der Waals surface area contributed by atoms with Gasteiger partial charge in [-0.05, 0) is 23.6 Å². The summed E-state index contributed by atoms with van der Waals surface area (Å²) in [6.45, 7) is 0. The maximum atomic E-state index is 5.91. The Balaban J connectivity index is 2.30. The third-order valence-electron chi connectivity index (χ3n) is 2.21. The van der Waals surface area contributed by atoms with Gasteiger partial charge in [0, 0.05) is 5.03 Å². The van der Waals surface area contributed by atoms with Gasteiger partial charge in [-0.3, -0.25) is 0 Å². The predicted molar refractivity (Wildman–Crippen MR) is 62.1 cm³/mol. The van der Waals surface area contributed by atoms with E-state index in [1.807, 2.05) is 24.3 Å². The van der Waals surface area contributed by atoms with Gasteiger partial charge in [-0.2, -0.15) is 0 Å². The minimum Gasteiger partial charge on any atom is -0.0847 e. The van der Waals surface area contributed by atoms with Crippen LogP contribution in [0.1, 0.15) is 12.0 Å². The molecule has 0 spiro atoms. The Morgan fingerprint density at radius 3 is 2.64 bits per heavy atom. The summed E-state index contributed by atoms with van der Waals surface area (Å²) in [4.78, 5) is 0. The van der Waals surface area contributed by atoms with Crippen molar-refractivity contribution in [1.82, 2.24) is 0 Å². The van der Waals surface area contributed by atoms with E-state index >= 15 is 0 Å². The number of hydrogen-bond donors (Lipinski definition) is 0. The van der Waals surface area contributed by atoms with E-state index in [1.165, 1.54) is 11.1 Å². The number of hydrogen-bond acceptors (Lipinski definition) is 0. The van der Waals surface area contributed by atoms with E-state index in [0.29, 0.717) is 0 Å². The van der Waals surface area contributed by atoms with Gasteiger partial charge in [0.25, 0.3) is 0 Å². The first kappa shape index (κ1) is 9.29. The lowest BCUT2D eigenvalue weighted by Gasteiger charge is -2.02. The molecule has 0 saturated heterocycles. The smallest absolute Gasteiger partial charge is 0.0369 e. The van der Waals surface area contributed by atoms with E-state index in [0.717, 1.165) is 11.5 Å². The fraction of sp³-hybridized carbons (Fsp3) is 0.0769. The highest BCUT2D eigenvalue weighted by atomic mass is 35.5. The molecule has 2 rings (SSSR count). The molecule has 1 aromatic carbocycles. The van der Waals surface area contributed by atoms with Crippen molar-refractivity contribution < 1.29 is 0 Å². The predicted octanol–water partition coefficient (Wildman–Crippen LogP) is 4.15. The summed E-state index contributed by atoms with van der Waals surface area (Å²) in [6, 6.07) is 10.4. The van der Waals surface area contributed by atoms with E-state index in [4.69, 9.17) is 11.6 Å². The average Bonchev–Trinajstić information content (AvgIpc) is 2.44. The number of rotatable bonds is 1. The number of halogens is 1. The molecular weight excluding hydrogens is 192 g/mol. The zero-order valence-corrected chi connectivity index (χ0v) is 8.54. The van der Waals surface area contributed by atoms with Crippen molar-refractivity contribution in [2.75, 3.05) is 0 Å². The topological polar surface area (TPSA) is 0 Å². The molecule has 1 aliphatic rings. The first-order valence-corrected chi connectivity index (χ1v) is 5.02. The Morgan fingerprint density at radius 2 is 1.86 bits per heavy atom. The van der Waals surface area contributed by atoms with Gasteiger partial charge in [0.2, 0.25) is 0 Å². The molecule has 0 fully saturated rings. The van der Waals surface area contributed by atoms with Crippen molar-refractivity contribution in [3.05, 3.63) is 65.2 Å². The molecule has 0 saturated carbocycles. The van der Waals surface area contributed by atoms with Crippen LogP contribution in [0.5, 0.6) is 0 Å². The molecule has 1 aromatic rings. The normalized spacial score (nSPS) is 15.8. The lowest BCUT2D eigenvalue weighted by molar-refractivity contribution is 1.39. The van der Waals surface area contributed by atoms with E-state index in [1.54, 1.807) is 0 Å². The van der Waals surface area contributed by atoms with E-state index in [9.17, 15) is 0 Å². The molecular formula is C13H11Cl. The Hall–Kier alpha value is -1.27. The highest BCUT2D eigenvalue weighted by molar-refractivity contribution is 6.31. The highest BCUT2D eigenvalue weighted by Gasteiger charge is 2.00. The molecule has 0 bridgehead atoms. The molecule has 0 aliphatic heterocycles. The van der Waals surface area contributed by atoms with Crippen molar-refractivity contribution in [1.29, 1.82) is 0 Å². The van der Waals surface area contributed by atoms with E-state index in [-0.39, 0.29) is 0 Å². The van der Waals surface area contributed by atoms with Crippen molar-refractivity contribution in [3.63, 3.8) is 0 Å². The third kappa shape index (κ3) is 2.15. The summed E-state index contributed by atoms with van der Waals surface area (Å²) < 4.78 is 0.